The van der Waals surface area contributed by atoms with Gasteiger partial charge in [0, 0.05) is 0 Å². The highest BCUT2D eigenvalue weighted by atomic mass is 16.5. The van der Waals surface area contributed by atoms with Crippen molar-refractivity contribution in [2.45, 2.75) is 51.6 Å². The van der Waals surface area contributed by atoms with Crippen molar-refractivity contribution in [3.05, 3.63) is 24.3 Å². The molecule has 0 fully saturated rings. The van der Waals surface area contributed by atoms with Crippen molar-refractivity contribution in [1.29, 1.82) is 0 Å². The van der Waals surface area contributed by atoms with Crippen molar-refractivity contribution < 1.29 is 19.4 Å². The molecule has 5 heteroatoms. The van der Waals surface area contributed by atoms with Crippen LogP contribution in [0.3, 0.4) is 0 Å². The van der Waals surface area contributed by atoms with E-state index in [1.165, 1.54) is 6.92 Å². The molecule has 0 aromatic carbocycles. The first-order chi connectivity index (χ1) is 10.0. The Morgan fingerprint density at radius 2 is 2.19 bits per heavy atom. The molecule has 3 atom stereocenters. The number of carboxylic acid groups (broad SMARTS) is 1. The van der Waals surface area contributed by atoms with Crippen molar-refractivity contribution in [3.8, 4) is 0 Å². The van der Waals surface area contributed by atoms with Gasteiger partial charge in [0.1, 0.15) is 12.1 Å². The summed E-state index contributed by atoms with van der Waals surface area (Å²) in [6.45, 7) is 3.57. The number of carboxylic acids is 1. The molecule has 0 aliphatic heterocycles. The van der Waals surface area contributed by atoms with Crippen molar-refractivity contribution in [3.63, 3.8) is 0 Å². The van der Waals surface area contributed by atoms with Crippen LogP contribution < -0.4 is 5.32 Å². The highest BCUT2D eigenvalue weighted by Crippen LogP contribution is 2.19. The summed E-state index contributed by atoms with van der Waals surface area (Å²) in [5.41, 5.74) is 0. The van der Waals surface area contributed by atoms with Gasteiger partial charge in [0.25, 0.3) is 0 Å². The Labute approximate surface area is 126 Å². The summed E-state index contributed by atoms with van der Waals surface area (Å²) in [6, 6.07) is -1.34. The first kappa shape index (κ1) is 17.4. The molecule has 5 nitrogen and oxygen atoms in total. The van der Waals surface area contributed by atoms with Crippen LogP contribution in [0.25, 0.3) is 0 Å². The summed E-state index contributed by atoms with van der Waals surface area (Å²) in [7, 11) is 0. The van der Waals surface area contributed by atoms with Crippen LogP contribution in [-0.2, 0) is 14.3 Å². The molecule has 21 heavy (non-hydrogen) atoms. The smallest absolute Gasteiger partial charge is 0.323 e. The van der Waals surface area contributed by atoms with Gasteiger partial charge in [0.15, 0.2) is 0 Å². The lowest BCUT2D eigenvalue weighted by Crippen LogP contribution is -2.46. The molecule has 0 heterocycles. The number of carbonyl (C=O) groups is 2. The monoisotopic (exact) mass is 295 g/mol. The van der Waals surface area contributed by atoms with E-state index in [4.69, 9.17) is 9.84 Å². The van der Waals surface area contributed by atoms with Gasteiger partial charge in [0.05, 0.1) is 6.61 Å². The first-order valence-electron chi connectivity index (χ1n) is 7.53. The van der Waals surface area contributed by atoms with Gasteiger partial charge in [-0.05, 0) is 45.4 Å². The number of esters is 1. The zero-order valence-electron chi connectivity index (χ0n) is 12.7. The number of aliphatic carboxylic acids is 1. The van der Waals surface area contributed by atoms with Crippen molar-refractivity contribution in [2.24, 2.45) is 5.92 Å². The number of allylic oxidation sites excluding steroid dienone is 4. The average molecular weight is 295 g/mol. The number of hydrogen-bond donors (Lipinski definition) is 2. The lowest BCUT2D eigenvalue weighted by molar-refractivity contribution is -0.147. The molecule has 2 N–H and O–H groups in total. The maximum absolute atomic E-state index is 11.9. The normalized spacial score (nSPS) is 20.6. The minimum atomic E-state index is -0.970. The Balaban J connectivity index is 2.55. The standard InChI is InChI=1S/C16H25NO4/c1-3-21-16(20)14(17-12(2)15(18)19)11-10-13-8-6-4-5-7-9-13/h4-6,8,12-14,17H,3,7,9-11H2,1-2H3,(H,18,19)/t12?,13?,14-/m0/s1. The molecule has 0 aromatic heterocycles. The fraction of sp³-hybridized carbons (Fsp3) is 0.625. The van der Waals surface area contributed by atoms with E-state index in [1.807, 2.05) is 12.2 Å². The zero-order chi connectivity index (χ0) is 15.7. The molecule has 1 aliphatic carbocycles. The van der Waals surface area contributed by atoms with Gasteiger partial charge in [0.2, 0.25) is 0 Å². The molecule has 0 amide bonds. The highest BCUT2D eigenvalue weighted by Gasteiger charge is 2.25. The topological polar surface area (TPSA) is 75.6 Å². The molecule has 2 unspecified atom stereocenters. The fourth-order valence-electron chi connectivity index (χ4n) is 2.31. The van der Waals surface area contributed by atoms with E-state index in [2.05, 4.69) is 17.5 Å². The lowest BCUT2D eigenvalue weighted by atomic mass is 9.95. The van der Waals surface area contributed by atoms with Crippen LogP contribution >= 0.6 is 0 Å². The van der Waals surface area contributed by atoms with E-state index in [1.54, 1.807) is 6.92 Å². The van der Waals surface area contributed by atoms with Crippen LogP contribution in [-0.4, -0.2) is 35.7 Å². The van der Waals surface area contributed by atoms with Gasteiger partial charge < -0.3 is 9.84 Å². The Kier molecular flexibility index (Phi) is 7.75. The Bertz CT molecular complexity index is 403. The molecule has 1 aliphatic rings. The largest absolute Gasteiger partial charge is 0.480 e. The van der Waals surface area contributed by atoms with Crippen molar-refractivity contribution >= 4 is 11.9 Å². The van der Waals surface area contributed by atoms with Crippen LogP contribution in [0, 0.1) is 5.92 Å². The minimum Gasteiger partial charge on any atom is -0.480 e. The van der Waals surface area contributed by atoms with Gasteiger partial charge in [-0.15, -0.1) is 0 Å². The molecular formula is C16H25NO4. The maximum atomic E-state index is 11.9. The third-order valence-corrected chi connectivity index (χ3v) is 3.55. The quantitative estimate of drug-likeness (QED) is 0.672. The molecule has 0 saturated heterocycles. The summed E-state index contributed by atoms with van der Waals surface area (Å²) in [4.78, 5) is 22.9. The van der Waals surface area contributed by atoms with Gasteiger partial charge in [-0.2, -0.15) is 0 Å². The predicted molar refractivity (Wildman–Crippen MR) is 80.9 cm³/mol. The summed E-state index contributed by atoms with van der Waals surface area (Å²) >= 11 is 0. The Morgan fingerprint density at radius 1 is 1.43 bits per heavy atom. The Hall–Kier alpha value is -1.62. The number of rotatable bonds is 8. The van der Waals surface area contributed by atoms with Gasteiger partial charge >= 0.3 is 11.9 Å². The molecule has 0 spiro atoms. The van der Waals surface area contributed by atoms with Gasteiger partial charge in [-0.1, -0.05) is 24.3 Å². The maximum Gasteiger partial charge on any atom is 0.323 e. The second-order valence-electron chi connectivity index (χ2n) is 5.26. The predicted octanol–water partition coefficient (Wildman–Crippen LogP) is 2.28. The first-order valence-corrected chi connectivity index (χ1v) is 7.53. The van der Waals surface area contributed by atoms with Crippen LogP contribution in [0.15, 0.2) is 24.3 Å². The van der Waals surface area contributed by atoms with E-state index < -0.39 is 18.1 Å². The van der Waals surface area contributed by atoms with E-state index in [0.29, 0.717) is 18.9 Å². The van der Waals surface area contributed by atoms with Gasteiger partial charge in [-0.3, -0.25) is 14.9 Å². The highest BCUT2D eigenvalue weighted by molar-refractivity contribution is 5.78. The number of carbonyl (C=O) groups excluding carboxylic acids is 1. The third-order valence-electron chi connectivity index (χ3n) is 3.55. The van der Waals surface area contributed by atoms with E-state index in [9.17, 15) is 9.59 Å². The second kappa shape index (κ2) is 9.34. The SMILES string of the molecule is CCOC(=O)[C@H](CCC1C=CC=CCC1)NC(C)C(=O)O. The molecule has 0 saturated carbocycles. The van der Waals surface area contributed by atoms with Crippen LogP contribution in [0.2, 0.25) is 0 Å². The summed E-state index contributed by atoms with van der Waals surface area (Å²) in [6.07, 6.45) is 11.8. The van der Waals surface area contributed by atoms with E-state index in [-0.39, 0.29) is 5.97 Å². The minimum absolute atomic E-state index is 0.297. The zero-order valence-corrected chi connectivity index (χ0v) is 12.7. The molecule has 118 valence electrons. The van der Waals surface area contributed by atoms with Crippen molar-refractivity contribution in [1.82, 2.24) is 5.32 Å². The molecule has 0 radical (unpaired) electrons. The average Bonchev–Trinajstić information content (AvgIpc) is 2.71. The van der Waals surface area contributed by atoms with Crippen molar-refractivity contribution in [2.75, 3.05) is 6.61 Å². The number of hydrogen-bond acceptors (Lipinski definition) is 4. The number of nitrogens with one attached hydrogen (secondary N) is 1. The molecular weight excluding hydrogens is 270 g/mol. The summed E-state index contributed by atoms with van der Waals surface area (Å²) in [5, 5.41) is 11.8. The number of ether oxygens (including phenoxy) is 1. The van der Waals surface area contributed by atoms with E-state index >= 15 is 0 Å². The summed E-state index contributed by atoms with van der Waals surface area (Å²) < 4.78 is 5.02. The van der Waals surface area contributed by atoms with Crippen LogP contribution in [0.5, 0.6) is 0 Å². The van der Waals surface area contributed by atoms with Gasteiger partial charge in [-0.25, -0.2) is 0 Å². The van der Waals surface area contributed by atoms with Crippen LogP contribution in [0.1, 0.15) is 39.5 Å². The second-order valence-corrected chi connectivity index (χ2v) is 5.26. The molecule has 0 bridgehead atoms. The third kappa shape index (κ3) is 6.58. The fourth-order valence-corrected chi connectivity index (χ4v) is 2.31. The lowest BCUT2D eigenvalue weighted by Gasteiger charge is -2.21. The summed E-state index contributed by atoms with van der Waals surface area (Å²) in [5.74, 6) is -0.928. The molecule has 0 aromatic rings. The molecule has 1 rings (SSSR count). The Morgan fingerprint density at radius 3 is 2.86 bits per heavy atom. The van der Waals surface area contributed by atoms with Crippen LogP contribution in [0.4, 0.5) is 0 Å². The van der Waals surface area contributed by atoms with E-state index in [0.717, 1.165) is 19.3 Å².